The van der Waals surface area contributed by atoms with E-state index in [2.05, 4.69) is 0 Å². The van der Waals surface area contributed by atoms with Crippen LogP contribution in [0, 0.1) is 5.82 Å². The standard InChI is InChI=1S/C10H14FNO2/c1-13-6-10(12)7-3-8(11)5-9(4-7)14-2/h3-5,10H,6,12H2,1-2H3. The first-order valence-corrected chi connectivity index (χ1v) is 4.26. The van der Waals surface area contributed by atoms with Gasteiger partial charge in [0, 0.05) is 13.2 Å². The van der Waals surface area contributed by atoms with Crippen molar-refractivity contribution in [2.75, 3.05) is 20.8 Å². The maximum Gasteiger partial charge on any atom is 0.127 e. The Hall–Kier alpha value is -1.13. The Bertz CT molecular complexity index is 304. The molecule has 1 aromatic carbocycles. The van der Waals surface area contributed by atoms with Gasteiger partial charge in [0.05, 0.1) is 19.8 Å². The van der Waals surface area contributed by atoms with Crippen LogP contribution in [0.1, 0.15) is 11.6 Å². The summed E-state index contributed by atoms with van der Waals surface area (Å²) in [7, 11) is 3.04. The maximum atomic E-state index is 13.0. The Morgan fingerprint density at radius 1 is 1.36 bits per heavy atom. The Balaban J connectivity index is 2.90. The van der Waals surface area contributed by atoms with E-state index in [1.165, 1.54) is 19.2 Å². The smallest absolute Gasteiger partial charge is 0.127 e. The minimum atomic E-state index is -0.356. The van der Waals surface area contributed by atoms with Gasteiger partial charge in [-0.15, -0.1) is 0 Å². The normalized spacial score (nSPS) is 12.6. The van der Waals surface area contributed by atoms with Crippen LogP contribution in [0.2, 0.25) is 0 Å². The van der Waals surface area contributed by atoms with Gasteiger partial charge in [-0.2, -0.15) is 0 Å². The van der Waals surface area contributed by atoms with Gasteiger partial charge in [0.15, 0.2) is 0 Å². The molecule has 0 saturated carbocycles. The molecule has 3 nitrogen and oxygen atoms in total. The summed E-state index contributed by atoms with van der Waals surface area (Å²) in [4.78, 5) is 0. The monoisotopic (exact) mass is 199 g/mol. The maximum absolute atomic E-state index is 13.0. The summed E-state index contributed by atoms with van der Waals surface area (Å²) >= 11 is 0. The van der Waals surface area contributed by atoms with Crippen LogP contribution in [0.3, 0.4) is 0 Å². The van der Waals surface area contributed by atoms with Crippen LogP contribution in [-0.2, 0) is 4.74 Å². The SMILES string of the molecule is COCC(N)c1cc(F)cc(OC)c1. The molecule has 4 heteroatoms. The molecule has 1 unspecified atom stereocenters. The summed E-state index contributed by atoms with van der Waals surface area (Å²) in [6.45, 7) is 0.354. The zero-order valence-corrected chi connectivity index (χ0v) is 8.29. The summed E-state index contributed by atoms with van der Waals surface area (Å²) in [6.07, 6.45) is 0. The lowest BCUT2D eigenvalue weighted by atomic mass is 10.1. The molecule has 0 radical (unpaired) electrons. The van der Waals surface area contributed by atoms with E-state index in [-0.39, 0.29) is 11.9 Å². The molecule has 0 aliphatic heterocycles. The molecule has 78 valence electrons. The summed E-state index contributed by atoms with van der Waals surface area (Å²) in [5.74, 6) is 0.109. The topological polar surface area (TPSA) is 44.5 Å². The van der Waals surface area contributed by atoms with E-state index in [1.807, 2.05) is 0 Å². The van der Waals surface area contributed by atoms with Crippen LogP contribution < -0.4 is 10.5 Å². The number of nitrogens with two attached hydrogens (primary N) is 1. The lowest BCUT2D eigenvalue weighted by molar-refractivity contribution is 0.180. The Morgan fingerprint density at radius 3 is 2.64 bits per heavy atom. The van der Waals surface area contributed by atoms with E-state index in [0.717, 1.165) is 0 Å². The molecule has 0 bridgehead atoms. The van der Waals surface area contributed by atoms with Gasteiger partial charge in [0.2, 0.25) is 0 Å². The third-order valence-corrected chi connectivity index (χ3v) is 1.90. The molecule has 0 spiro atoms. The highest BCUT2D eigenvalue weighted by Gasteiger charge is 2.08. The van der Waals surface area contributed by atoms with Crippen molar-refractivity contribution in [1.29, 1.82) is 0 Å². The average molecular weight is 199 g/mol. The first-order valence-electron chi connectivity index (χ1n) is 4.26. The van der Waals surface area contributed by atoms with E-state index in [0.29, 0.717) is 17.9 Å². The highest BCUT2D eigenvalue weighted by Crippen LogP contribution is 2.20. The first-order chi connectivity index (χ1) is 6.67. The first kappa shape index (κ1) is 10.9. The summed E-state index contributed by atoms with van der Waals surface area (Å²) < 4.78 is 22.8. The van der Waals surface area contributed by atoms with Crippen LogP contribution in [-0.4, -0.2) is 20.8 Å². The lowest BCUT2D eigenvalue weighted by Crippen LogP contribution is -2.16. The van der Waals surface area contributed by atoms with Crippen LogP contribution in [0.5, 0.6) is 5.75 Å². The predicted octanol–water partition coefficient (Wildman–Crippen LogP) is 1.48. The molecule has 2 N–H and O–H groups in total. The summed E-state index contributed by atoms with van der Waals surface area (Å²) in [5.41, 5.74) is 6.42. The van der Waals surface area contributed by atoms with Gasteiger partial charge in [-0.3, -0.25) is 0 Å². The molecular weight excluding hydrogens is 185 g/mol. The van der Waals surface area contributed by atoms with Crippen molar-refractivity contribution in [2.45, 2.75) is 6.04 Å². The fourth-order valence-electron chi connectivity index (χ4n) is 1.19. The minimum Gasteiger partial charge on any atom is -0.497 e. The summed E-state index contributed by atoms with van der Waals surface area (Å²) in [5, 5.41) is 0. The third-order valence-electron chi connectivity index (χ3n) is 1.90. The molecule has 1 atom stereocenters. The van der Waals surface area contributed by atoms with E-state index < -0.39 is 0 Å². The second-order valence-corrected chi connectivity index (χ2v) is 2.99. The highest BCUT2D eigenvalue weighted by molar-refractivity contribution is 5.31. The van der Waals surface area contributed by atoms with Gasteiger partial charge in [0.1, 0.15) is 11.6 Å². The number of benzene rings is 1. The van der Waals surface area contributed by atoms with Gasteiger partial charge in [-0.25, -0.2) is 4.39 Å². The molecule has 0 saturated heterocycles. The Kier molecular flexibility index (Phi) is 3.85. The molecule has 14 heavy (non-hydrogen) atoms. The molecule has 1 aromatic rings. The number of ether oxygens (including phenoxy) is 2. The summed E-state index contributed by atoms with van der Waals surface area (Å²) in [6, 6.07) is 4.06. The van der Waals surface area contributed by atoms with E-state index in [4.69, 9.17) is 15.2 Å². The van der Waals surface area contributed by atoms with Crippen molar-refractivity contribution in [1.82, 2.24) is 0 Å². The molecule has 0 aromatic heterocycles. The van der Waals surface area contributed by atoms with Crippen molar-refractivity contribution in [3.63, 3.8) is 0 Å². The number of rotatable bonds is 4. The number of hydrogen-bond donors (Lipinski definition) is 1. The second-order valence-electron chi connectivity index (χ2n) is 2.99. The zero-order chi connectivity index (χ0) is 10.6. The van der Waals surface area contributed by atoms with Crippen molar-refractivity contribution in [3.05, 3.63) is 29.6 Å². The average Bonchev–Trinajstić information content (AvgIpc) is 2.17. The Labute approximate surface area is 82.6 Å². The van der Waals surface area contributed by atoms with Gasteiger partial charge >= 0.3 is 0 Å². The molecule has 0 aliphatic rings. The van der Waals surface area contributed by atoms with Gasteiger partial charge in [0.25, 0.3) is 0 Å². The zero-order valence-electron chi connectivity index (χ0n) is 8.29. The van der Waals surface area contributed by atoms with Crippen LogP contribution in [0.25, 0.3) is 0 Å². The fraction of sp³-hybridized carbons (Fsp3) is 0.400. The van der Waals surface area contributed by atoms with Crippen LogP contribution in [0.4, 0.5) is 4.39 Å². The van der Waals surface area contributed by atoms with Crippen LogP contribution >= 0.6 is 0 Å². The lowest BCUT2D eigenvalue weighted by Gasteiger charge is -2.12. The molecule has 0 fully saturated rings. The highest BCUT2D eigenvalue weighted by atomic mass is 19.1. The largest absolute Gasteiger partial charge is 0.497 e. The van der Waals surface area contributed by atoms with E-state index in [9.17, 15) is 4.39 Å². The van der Waals surface area contributed by atoms with Crippen LogP contribution in [0.15, 0.2) is 18.2 Å². The van der Waals surface area contributed by atoms with Crippen molar-refractivity contribution in [2.24, 2.45) is 5.73 Å². The van der Waals surface area contributed by atoms with Crippen molar-refractivity contribution in [3.8, 4) is 5.75 Å². The Morgan fingerprint density at radius 2 is 2.07 bits per heavy atom. The number of halogens is 1. The quantitative estimate of drug-likeness (QED) is 0.798. The van der Waals surface area contributed by atoms with Crippen molar-refractivity contribution >= 4 is 0 Å². The van der Waals surface area contributed by atoms with Crippen molar-refractivity contribution < 1.29 is 13.9 Å². The van der Waals surface area contributed by atoms with Gasteiger partial charge < -0.3 is 15.2 Å². The van der Waals surface area contributed by atoms with Gasteiger partial charge in [-0.05, 0) is 17.7 Å². The minimum absolute atomic E-state index is 0.329. The third kappa shape index (κ3) is 2.68. The van der Waals surface area contributed by atoms with E-state index in [1.54, 1.807) is 13.2 Å². The van der Waals surface area contributed by atoms with Gasteiger partial charge in [-0.1, -0.05) is 0 Å². The van der Waals surface area contributed by atoms with E-state index >= 15 is 0 Å². The second kappa shape index (κ2) is 4.93. The fourth-order valence-corrected chi connectivity index (χ4v) is 1.19. The molecule has 0 heterocycles. The molecule has 0 amide bonds. The number of hydrogen-bond acceptors (Lipinski definition) is 3. The molecular formula is C10H14FNO2. The molecule has 1 rings (SSSR count). The predicted molar refractivity (Wildman–Crippen MR) is 51.8 cm³/mol. The number of methoxy groups -OCH3 is 2. The molecule has 0 aliphatic carbocycles.